The largest absolute Gasteiger partial charge is 0.515 e. The lowest BCUT2D eigenvalue weighted by atomic mass is 9.86. The number of carbonyl (C=O) groups is 2. The normalized spacial score (nSPS) is 22.8. The molecule has 326 valence electrons. The molecule has 0 spiro atoms. The van der Waals surface area contributed by atoms with Crippen molar-refractivity contribution in [2.24, 2.45) is 44.6 Å². The molecule has 2 N–H and O–H groups in total. The quantitative estimate of drug-likeness (QED) is 0.0765. The van der Waals surface area contributed by atoms with Gasteiger partial charge in [0.1, 0.15) is 6.61 Å². The summed E-state index contributed by atoms with van der Waals surface area (Å²) in [5.41, 5.74) is 13.2. The summed E-state index contributed by atoms with van der Waals surface area (Å²) in [6.07, 6.45) is 24.1. The van der Waals surface area contributed by atoms with E-state index >= 15 is 0 Å². The molecule has 1 saturated heterocycles. The Kier molecular flexibility index (Phi) is 15.2. The summed E-state index contributed by atoms with van der Waals surface area (Å²) in [7, 11) is 0. The van der Waals surface area contributed by atoms with Crippen molar-refractivity contribution in [3.63, 3.8) is 0 Å². The minimum absolute atomic E-state index is 0.00664. The van der Waals surface area contributed by atoms with Crippen LogP contribution in [0.2, 0.25) is 0 Å². The number of ketones is 1. The van der Waals surface area contributed by atoms with Gasteiger partial charge in [-0.25, -0.2) is 15.0 Å². The molecule has 0 amide bonds. The summed E-state index contributed by atoms with van der Waals surface area (Å²) in [6.45, 7) is 24.2. The highest BCUT2D eigenvalue weighted by Crippen LogP contribution is 2.45. The van der Waals surface area contributed by atoms with Crippen molar-refractivity contribution in [1.82, 2.24) is 5.32 Å². The fourth-order valence-corrected chi connectivity index (χ4v) is 9.76. The zero-order valence-corrected chi connectivity index (χ0v) is 38.5. The van der Waals surface area contributed by atoms with Crippen LogP contribution in [-0.2, 0) is 14.3 Å². The van der Waals surface area contributed by atoms with Gasteiger partial charge in [0.15, 0.2) is 5.78 Å². The Hall–Kier alpha value is -4.85. The van der Waals surface area contributed by atoms with E-state index in [-0.39, 0.29) is 43.0 Å². The highest BCUT2D eigenvalue weighted by molar-refractivity contribution is 6.38. The monoisotopic (exact) mass is 827 g/mol. The van der Waals surface area contributed by atoms with Gasteiger partial charge in [-0.1, -0.05) is 105 Å². The predicted molar refractivity (Wildman–Crippen MR) is 251 cm³/mol. The molecule has 8 heteroatoms. The first kappa shape index (κ1) is 45.7. The molecule has 0 unspecified atom stereocenters. The predicted octanol–water partition coefficient (Wildman–Crippen LogP) is 12.7. The number of Topliss-reactive ketones (excluding diaryl/α,β-unsaturated/α-hetero) is 1. The third-order valence-corrected chi connectivity index (χ3v) is 13.7. The third kappa shape index (κ3) is 10.4. The number of carbonyl (C=O) groups excluding carboxylic acids is 2. The zero-order valence-electron chi connectivity index (χ0n) is 38.5. The molecule has 0 aromatic carbocycles. The number of rotatable bonds is 19. The van der Waals surface area contributed by atoms with Crippen LogP contribution in [0.5, 0.6) is 0 Å². The number of hydrogen-bond acceptors (Lipinski definition) is 8. The van der Waals surface area contributed by atoms with E-state index in [1.165, 1.54) is 50.5 Å². The van der Waals surface area contributed by atoms with Crippen LogP contribution in [0.25, 0.3) is 0 Å². The molecule has 6 aliphatic rings. The lowest BCUT2D eigenvalue weighted by molar-refractivity contribution is -0.142. The maximum absolute atomic E-state index is 13.8. The number of allylic oxidation sites excluding steroid dienone is 13. The maximum Gasteiger partial charge on any atom is 0.306 e. The number of esters is 1. The number of nitrogens with zero attached hydrogens (tertiary/aromatic N) is 3. The van der Waals surface area contributed by atoms with E-state index in [2.05, 4.69) is 65.6 Å². The van der Waals surface area contributed by atoms with Gasteiger partial charge in [-0.3, -0.25) is 9.59 Å². The van der Waals surface area contributed by atoms with Gasteiger partial charge in [0.25, 0.3) is 0 Å². The fourth-order valence-electron chi connectivity index (χ4n) is 9.76. The standard InChI is InChI=1S/C53H70N4O4/c1-11-38-35(8)43-27-44-36(9)40(22-23-50(60)61-25-24-34(7)21-15-20-33(6)19-14-18-32(5)17-13-16-31(3)4)52(56-44)41-26-49(59)51-37(10)45(57-53(41)51)28-47-39(12-2)42(30-58)48(55-47)29-46(38)54-43/h11,24,27-33,36,40,56,58H,1,12-23,25-26H2,2-10H3/b34-24+,42-30?,44-27?,45-28?,46-29?,52-41?/t32-,33-,36+,40+/m1/s1. The van der Waals surface area contributed by atoms with Crippen LogP contribution in [0, 0.1) is 29.6 Å². The van der Waals surface area contributed by atoms with Crippen molar-refractivity contribution in [3.05, 3.63) is 116 Å². The van der Waals surface area contributed by atoms with Gasteiger partial charge < -0.3 is 15.2 Å². The smallest absolute Gasteiger partial charge is 0.306 e. The van der Waals surface area contributed by atoms with E-state index in [1.807, 2.05) is 39.0 Å². The number of ether oxygens (including phenoxy) is 1. The molecule has 0 radical (unpaired) electrons. The topological polar surface area (TPSA) is 113 Å². The summed E-state index contributed by atoms with van der Waals surface area (Å²) < 4.78 is 5.78. The summed E-state index contributed by atoms with van der Waals surface area (Å²) in [6, 6.07) is 0. The fraction of sp³-hybridized carbons (Fsp3) is 0.528. The summed E-state index contributed by atoms with van der Waals surface area (Å²) in [4.78, 5) is 42.2. The summed E-state index contributed by atoms with van der Waals surface area (Å²) in [5.74, 6) is 2.14. The molecule has 5 aliphatic heterocycles. The van der Waals surface area contributed by atoms with Gasteiger partial charge >= 0.3 is 5.97 Å². The van der Waals surface area contributed by atoms with Crippen LogP contribution in [0.1, 0.15) is 146 Å². The van der Waals surface area contributed by atoms with Gasteiger partial charge in [0, 0.05) is 58.4 Å². The first-order valence-corrected chi connectivity index (χ1v) is 23.1. The van der Waals surface area contributed by atoms with Crippen LogP contribution < -0.4 is 5.32 Å². The minimum Gasteiger partial charge on any atom is -0.515 e. The van der Waals surface area contributed by atoms with E-state index in [0.29, 0.717) is 46.8 Å². The van der Waals surface area contributed by atoms with E-state index < -0.39 is 0 Å². The SMILES string of the molecule is C=CC1=C(C)C2=NC1=CC1=NC(=C(CC)C1=CO)C=C1N=C3C(=C4NC(=C2)[C@@H](C)[C@@H]4CCC(=O)OC/C=C(\C)CCC[C@H](C)CCC[C@H](C)CCCC(C)C)CC(=O)C3=C1C. The van der Waals surface area contributed by atoms with E-state index in [0.717, 1.165) is 87.5 Å². The first-order chi connectivity index (χ1) is 29.2. The lowest BCUT2D eigenvalue weighted by Crippen LogP contribution is -2.15. The van der Waals surface area contributed by atoms with Crippen LogP contribution >= 0.6 is 0 Å². The Balaban J connectivity index is 1.14. The van der Waals surface area contributed by atoms with Crippen LogP contribution in [-0.4, -0.2) is 40.6 Å². The van der Waals surface area contributed by atoms with Gasteiger partial charge in [-0.15, -0.1) is 0 Å². The Bertz CT molecular complexity index is 2190. The van der Waals surface area contributed by atoms with Crippen LogP contribution in [0.3, 0.4) is 0 Å². The molecule has 1 saturated carbocycles. The number of nitrogens with one attached hydrogen (secondary N) is 1. The minimum atomic E-state index is -0.220. The average Bonchev–Trinajstić information content (AvgIpc) is 3.98. The Morgan fingerprint density at radius 1 is 0.934 bits per heavy atom. The van der Waals surface area contributed by atoms with E-state index in [1.54, 1.807) is 0 Å². The van der Waals surface area contributed by atoms with Gasteiger partial charge in [-0.2, -0.15) is 0 Å². The third-order valence-electron chi connectivity index (χ3n) is 13.7. The van der Waals surface area contributed by atoms with Gasteiger partial charge in [0.2, 0.25) is 0 Å². The zero-order chi connectivity index (χ0) is 44.0. The summed E-state index contributed by atoms with van der Waals surface area (Å²) >= 11 is 0. The number of hydrogen-bond donors (Lipinski definition) is 2. The van der Waals surface area contributed by atoms with Crippen molar-refractivity contribution in [1.29, 1.82) is 0 Å². The number of fused-ring (bicyclic) bond motifs is 5. The van der Waals surface area contributed by atoms with Crippen molar-refractivity contribution >= 4 is 28.9 Å². The molecule has 61 heavy (non-hydrogen) atoms. The van der Waals surface area contributed by atoms with Crippen molar-refractivity contribution < 1.29 is 19.4 Å². The number of aliphatic imine (C=N–C) groups is 3. The Morgan fingerprint density at radius 3 is 2.31 bits per heavy atom. The van der Waals surface area contributed by atoms with E-state index in [4.69, 9.17) is 19.7 Å². The highest BCUT2D eigenvalue weighted by Gasteiger charge is 2.43. The summed E-state index contributed by atoms with van der Waals surface area (Å²) in [5, 5.41) is 14.1. The first-order valence-electron chi connectivity index (χ1n) is 23.1. The molecule has 5 heterocycles. The molecule has 8 nitrogen and oxygen atoms in total. The average molecular weight is 827 g/mol. The molecular weight excluding hydrogens is 757 g/mol. The van der Waals surface area contributed by atoms with Gasteiger partial charge in [-0.05, 0) is 105 Å². The number of aliphatic hydroxyl groups is 1. The molecule has 0 aromatic heterocycles. The highest BCUT2D eigenvalue weighted by atomic mass is 16.5. The molecular formula is C53H70N4O4. The lowest BCUT2D eigenvalue weighted by Gasteiger charge is -2.17. The van der Waals surface area contributed by atoms with Crippen molar-refractivity contribution in [2.45, 2.75) is 146 Å². The second-order valence-electron chi connectivity index (χ2n) is 18.8. The second-order valence-corrected chi connectivity index (χ2v) is 18.8. The molecule has 8 bridgehead atoms. The molecule has 6 rings (SSSR count). The van der Waals surface area contributed by atoms with Crippen LogP contribution in [0.15, 0.2) is 131 Å². The maximum atomic E-state index is 13.8. The molecule has 1 aliphatic carbocycles. The molecule has 0 aromatic rings. The molecule has 4 atom stereocenters. The number of aliphatic hydroxyl groups excluding tert-OH is 1. The van der Waals surface area contributed by atoms with Crippen molar-refractivity contribution in [3.8, 4) is 0 Å². The second kappa shape index (κ2) is 20.3. The van der Waals surface area contributed by atoms with E-state index in [9.17, 15) is 14.7 Å². The van der Waals surface area contributed by atoms with Crippen LogP contribution in [0.4, 0.5) is 0 Å². The Morgan fingerprint density at radius 2 is 1.64 bits per heavy atom. The Labute approximate surface area is 365 Å². The molecule has 2 fully saturated rings. The van der Waals surface area contributed by atoms with Gasteiger partial charge in [0.05, 0.1) is 40.5 Å². The van der Waals surface area contributed by atoms with Crippen molar-refractivity contribution in [2.75, 3.05) is 6.61 Å².